The molecule has 0 aliphatic rings. The van der Waals surface area contributed by atoms with Crippen LogP contribution in [-0.4, -0.2) is 5.11 Å². The summed E-state index contributed by atoms with van der Waals surface area (Å²) in [6.07, 6.45) is 4.85. The van der Waals surface area contributed by atoms with Crippen LogP contribution in [0, 0.1) is 6.92 Å². The van der Waals surface area contributed by atoms with Gasteiger partial charge in [-0.25, -0.2) is 0 Å². The zero-order valence-electron chi connectivity index (χ0n) is 7.54. The molecule has 1 aromatic rings. The van der Waals surface area contributed by atoms with Crippen LogP contribution in [0.1, 0.15) is 18.1 Å². The van der Waals surface area contributed by atoms with Crippen molar-refractivity contribution in [1.82, 2.24) is 0 Å². The zero-order valence-corrected chi connectivity index (χ0v) is 7.54. The number of rotatable bonds is 2. The summed E-state index contributed by atoms with van der Waals surface area (Å²) in [5.41, 5.74) is 2.17. The lowest BCUT2D eigenvalue weighted by atomic mass is 10.0. The van der Waals surface area contributed by atoms with E-state index in [-0.39, 0.29) is 0 Å². The maximum absolute atomic E-state index is 9.48. The Bertz CT molecular complexity index is 267. The highest BCUT2D eigenvalue weighted by Crippen LogP contribution is 2.20. The van der Waals surface area contributed by atoms with Gasteiger partial charge in [0.25, 0.3) is 0 Å². The van der Waals surface area contributed by atoms with Crippen LogP contribution < -0.4 is 0 Å². The molecule has 0 atom stereocenters. The Kier molecular flexibility index (Phi) is 2.92. The summed E-state index contributed by atoms with van der Waals surface area (Å²) in [5.74, 6) is 0.396. The van der Waals surface area contributed by atoms with Crippen molar-refractivity contribution < 1.29 is 5.11 Å². The SMILES string of the molecule is CC=CCc1c(C)cccc1O. The Morgan fingerprint density at radius 2 is 2.17 bits per heavy atom. The third kappa shape index (κ3) is 1.88. The minimum absolute atomic E-state index is 0.396. The summed E-state index contributed by atoms with van der Waals surface area (Å²) in [4.78, 5) is 0. The Morgan fingerprint density at radius 1 is 1.42 bits per heavy atom. The number of aromatic hydroxyl groups is 1. The first-order valence-electron chi connectivity index (χ1n) is 4.14. The maximum atomic E-state index is 9.48. The second-order valence-electron chi connectivity index (χ2n) is 2.85. The van der Waals surface area contributed by atoms with Crippen molar-refractivity contribution in [3.05, 3.63) is 41.5 Å². The number of hydrogen-bond donors (Lipinski definition) is 1. The topological polar surface area (TPSA) is 20.2 Å². The molecule has 1 nitrogen and oxygen atoms in total. The summed E-state index contributed by atoms with van der Waals surface area (Å²) in [6.45, 7) is 3.99. The number of phenolic OH excluding ortho intramolecular Hbond substituents is 1. The van der Waals surface area contributed by atoms with Crippen LogP contribution in [0.2, 0.25) is 0 Å². The summed E-state index contributed by atoms with van der Waals surface area (Å²) < 4.78 is 0. The van der Waals surface area contributed by atoms with Gasteiger partial charge in [-0.3, -0.25) is 0 Å². The predicted octanol–water partition coefficient (Wildman–Crippen LogP) is 2.82. The van der Waals surface area contributed by atoms with E-state index in [1.165, 1.54) is 0 Å². The molecule has 0 amide bonds. The predicted molar refractivity (Wildman–Crippen MR) is 51.4 cm³/mol. The van der Waals surface area contributed by atoms with Gasteiger partial charge in [-0.15, -0.1) is 0 Å². The molecule has 1 N–H and O–H groups in total. The fourth-order valence-electron chi connectivity index (χ4n) is 1.19. The lowest BCUT2D eigenvalue weighted by Crippen LogP contribution is -1.86. The molecular weight excluding hydrogens is 148 g/mol. The first kappa shape index (κ1) is 8.85. The van der Waals surface area contributed by atoms with Crippen LogP contribution in [0.25, 0.3) is 0 Å². The lowest BCUT2D eigenvalue weighted by Gasteiger charge is -2.04. The van der Waals surface area contributed by atoms with Gasteiger partial charge in [0.1, 0.15) is 5.75 Å². The van der Waals surface area contributed by atoms with Crippen LogP contribution >= 0.6 is 0 Å². The van der Waals surface area contributed by atoms with E-state index in [1.54, 1.807) is 6.07 Å². The van der Waals surface area contributed by atoms with Crippen molar-refractivity contribution in [3.63, 3.8) is 0 Å². The summed E-state index contributed by atoms with van der Waals surface area (Å²) in [5, 5.41) is 9.48. The van der Waals surface area contributed by atoms with Crippen molar-refractivity contribution in [2.24, 2.45) is 0 Å². The van der Waals surface area contributed by atoms with Gasteiger partial charge in [-0.05, 0) is 31.9 Å². The van der Waals surface area contributed by atoms with E-state index in [9.17, 15) is 5.11 Å². The van der Waals surface area contributed by atoms with Crippen LogP contribution in [-0.2, 0) is 6.42 Å². The van der Waals surface area contributed by atoms with E-state index in [2.05, 4.69) is 0 Å². The number of aryl methyl sites for hydroxylation is 1. The summed E-state index contributed by atoms with van der Waals surface area (Å²) >= 11 is 0. The highest BCUT2D eigenvalue weighted by Gasteiger charge is 2.00. The monoisotopic (exact) mass is 162 g/mol. The second kappa shape index (κ2) is 3.96. The summed E-state index contributed by atoms with van der Waals surface area (Å²) in [6, 6.07) is 5.61. The molecule has 0 aliphatic carbocycles. The average Bonchev–Trinajstić information content (AvgIpc) is 2.04. The van der Waals surface area contributed by atoms with Crippen molar-refractivity contribution >= 4 is 0 Å². The van der Waals surface area contributed by atoms with Gasteiger partial charge < -0.3 is 5.11 Å². The van der Waals surface area contributed by atoms with Crippen molar-refractivity contribution in [2.45, 2.75) is 20.3 Å². The van der Waals surface area contributed by atoms with E-state index < -0.39 is 0 Å². The first-order chi connectivity index (χ1) is 5.75. The molecule has 0 bridgehead atoms. The largest absolute Gasteiger partial charge is 0.508 e. The molecule has 1 aromatic carbocycles. The number of allylic oxidation sites excluding steroid dienone is 2. The van der Waals surface area contributed by atoms with Gasteiger partial charge >= 0.3 is 0 Å². The van der Waals surface area contributed by atoms with E-state index in [1.807, 2.05) is 38.1 Å². The molecule has 0 aliphatic heterocycles. The number of phenols is 1. The van der Waals surface area contributed by atoms with Gasteiger partial charge in [-0.1, -0.05) is 24.3 Å². The molecule has 0 spiro atoms. The molecule has 0 saturated carbocycles. The van der Waals surface area contributed by atoms with Crippen LogP contribution in [0.3, 0.4) is 0 Å². The normalized spacial score (nSPS) is 10.8. The molecule has 0 fully saturated rings. The van der Waals surface area contributed by atoms with Gasteiger partial charge in [0, 0.05) is 5.56 Å². The smallest absolute Gasteiger partial charge is 0.119 e. The van der Waals surface area contributed by atoms with Crippen molar-refractivity contribution in [2.75, 3.05) is 0 Å². The van der Waals surface area contributed by atoms with Gasteiger partial charge in [0.15, 0.2) is 0 Å². The molecule has 64 valence electrons. The van der Waals surface area contributed by atoms with E-state index in [4.69, 9.17) is 0 Å². The molecule has 0 heterocycles. The quantitative estimate of drug-likeness (QED) is 0.663. The molecule has 12 heavy (non-hydrogen) atoms. The average molecular weight is 162 g/mol. The van der Waals surface area contributed by atoms with Crippen LogP contribution in [0.4, 0.5) is 0 Å². The number of hydrogen-bond acceptors (Lipinski definition) is 1. The standard InChI is InChI=1S/C11H14O/c1-3-4-7-10-9(2)6-5-8-11(10)12/h3-6,8,12H,7H2,1-2H3. The summed E-state index contributed by atoms with van der Waals surface area (Å²) in [7, 11) is 0. The van der Waals surface area contributed by atoms with E-state index >= 15 is 0 Å². The van der Waals surface area contributed by atoms with Gasteiger partial charge in [0.2, 0.25) is 0 Å². The Balaban J connectivity index is 2.96. The maximum Gasteiger partial charge on any atom is 0.119 e. The minimum Gasteiger partial charge on any atom is -0.508 e. The highest BCUT2D eigenvalue weighted by atomic mass is 16.3. The molecule has 0 radical (unpaired) electrons. The third-order valence-electron chi connectivity index (χ3n) is 1.94. The van der Waals surface area contributed by atoms with Crippen LogP contribution in [0.15, 0.2) is 30.4 Å². The zero-order chi connectivity index (χ0) is 8.97. The molecule has 1 rings (SSSR count). The van der Waals surface area contributed by atoms with Crippen molar-refractivity contribution in [1.29, 1.82) is 0 Å². The van der Waals surface area contributed by atoms with Crippen LogP contribution in [0.5, 0.6) is 5.75 Å². The Labute approximate surface area is 73.4 Å². The fraction of sp³-hybridized carbons (Fsp3) is 0.273. The second-order valence-corrected chi connectivity index (χ2v) is 2.85. The third-order valence-corrected chi connectivity index (χ3v) is 1.94. The Hall–Kier alpha value is -1.24. The fourth-order valence-corrected chi connectivity index (χ4v) is 1.19. The minimum atomic E-state index is 0.396. The molecule has 0 unspecified atom stereocenters. The van der Waals surface area contributed by atoms with E-state index in [0.717, 1.165) is 17.5 Å². The van der Waals surface area contributed by atoms with Gasteiger partial charge in [-0.2, -0.15) is 0 Å². The molecule has 0 saturated heterocycles. The first-order valence-corrected chi connectivity index (χ1v) is 4.14. The Morgan fingerprint density at radius 3 is 2.75 bits per heavy atom. The van der Waals surface area contributed by atoms with Crippen molar-refractivity contribution in [3.8, 4) is 5.75 Å². The van der Waals surface area contributed by atoms with E-state index in [0.29, 0.717) is 5.75 Å². The highest BCUT2D eigenvalue weighted by molar-refractivity contribution is 5.39. The molecular formula is C11H14O. The lowest BCUT2D eigenvalue weighted by molar-refractivity contribution is 0.469. The van der Waals surface area contributed by atoms with Gasteiger partial charge in [0.05, 0.1) is 0 Å². The molecule has 0 aromatic heterocycles. The molecule has 1 heteroatoms. The number of benzene rings is 1.